The molecule has 1 atom stereocenters. The van der Waals surface area contributed by atoms with Crippen LogP contribution in [0.1, 0.15) is 30.5 Å². The van der Waals surface area contributed by atoms with Crippen molar-refractivity contribution in [1.29, 1.82) is 0 Å². The van der Waals surface area contributed by atoms with E-state index in [4.69, 9.17) is 0 Å². The first-order chi connectivity index (χ1) is 10.1. The van der Waals surface area contributed by atoms with Crippen molar-refractivity contribution in [3.63, 3.8) is 0 Å². The molecule has 4 heteroatoms. The summed E-state index contributed by atoms with van der Waals surface area (Å²) in [5, 5.41) is 3.68. The Bertz CT molecular complexity index is 601. The number of hydrogen-bond acceptors (Lipinski definition) is 1. The van der Waals surface area contributed by atoms with Gasteiger partial charge in [0.15, 0.2) is 0 Å². The minimum Gasteiger partial charge on any atom is -0.310 e. The molecule has 0 aliphatic carbocycles. The number of benzene rings is 2. The van der Waals surface area contributed by atoms with Crippen LogP contribution in [0, 0.1) is 3.57 Å². The number of hydrogen-bond donors (Lipinski definition) is 1. The first-order valence-corrected chi connectivity index (χ1v) is 9.70. The van der Waals surface area contributed by atoms with E-state index >= 15 is 0 Å². The van der Waals surface area contributed by atoms with Gasteiger partial charge in [0.1, 0.15) is 0 Å². The molecule has 1 N–H and O–H groups in total. The molecule has 1 unspecified atom stereocenters. The molecule has 0 spiro atoms. The normalized spacial score (nSPS) is 12.4. The van der Waals surface area contributed by atoms with Crippen LogP contribution in [0.2, 0.25) is 0 Å². The molecule has 0 saturated heterocycles. The van der Waals surface area contributed by atoms with Crippen molar-refractivity contribution >= 4 is 54.5 Å². The molecule has 21 heavy (non-hydrogen) atoms. The zero-order valence-corrected chi connectivity index (χ0v) is 17.2. The topological polar surface area (TPSA) is 12.0 Å². The van der Waals surface area contributed by atoms with Crippen LogP contribution in [0.25, 0.3) is 0 Å². The fourth-order valence-corrected chi connectivity index (χ4v) is 3.81. The molecule has 2 aromatic rings. The van der Waals surface area contributed by atoms with Gasteiger partial charge in [-0.1, -0.05) is 57.0 Å². The molecule has 0 saturated carbocycles. The van der Waals surface area contributed by atoms with Crippen LogP contribution in [-0.2, 0) is 6.42 Å². The number of halogens is 3. The summed E-state index contributed by atoms with van der Waals surface area (Å²) in [6.07, 6.45) is 2.12. The van der Waals surface area contributed by atoms with Crippen molar-refractivity contribution in [1.82, 2.24) is 5.32 Å². The lowest BCUT2D eigenvalue weighted by Gasteiger charge is -2.21. The molecule has 2 aromatic carbocycles. The van der Waals surface area contributed by atoms with Gasteiger partial charge in [0.05, 0.1) is 0 Å². The summed E-state index contributed by atoms with van der Waals surface area (Å²) in [6.45, 7) is 3.23. The van der Waals surface area contributed by atoms with Gasteiger partial charge >= 0.3 is 0 Å². The summed E-state index contributed by atoms with van der Waals surface area (Å²) in [5.74, 6) is 0. The van der Waals surface area contributed by atoms with E-state index in [1.807, 2.05) is 0 Å². The molecular weight excluding hydrogens is 505 g/mol. The van der Waals surface area contributed by atoms with Gasteiger partial charge in [-0.2, -0.15) is 0 Å². The molecule has 0 amide bonds. The monoisotopic (exact) mass is 521 g/mol. The average molecular weight is 523 g/mol. The molecule has 0 heterocycles. The second-order valence-corrected chi connectivity index (χ2v) is 7.90. The van der Waals surface area contributed by atoms with Crippen LogP contribution >= 0.6 is 54.5 Å². The maximum atomic E-state index is 3.68. The summed E-state index contributed by atoms with van der Waals surface area (Å²) in [5.41, 5.74) is 2.69. The first kappa shape index (κ1) is 17.4. The summed E-state index contributed by atoms with van der Waals surface area (Å²) in [6, 6.07) is 15.3. The summed E-state index contributed by atoms with van der Waals surface area (Å²) in [4.78, 5) is 0. The smallest absolute Gasteiger partial charge is 0.0372 e. The highest BCUT2D eigenvalue weighted by Crippen LogP contribution is 2.29. The Morgan fingerprint density at radius 3 is 2.62 bits per heavy atom. The van der Waals surface area contributed by atoms with Gasteiger partial charge in [-0.25, -0.2) is 0 Å². The minimum atomic E-state index is 0.327. The van der Waals surface area contributed by atoms with E-state index in [-0.39, 0.29) is 0 Å². The predicted molar refractivity (Wildman–Crippen MR) is 106 cm³/mol. The molecule has 0 bridgehead atoms. The summed E-state index contributed by atoms with van der Waals surface area (Å²) >= 11 is 9.67. The van der Waals surface area contributed by atoms with Crippen LogP contribution in [-0.4, -0.2) is 6.54 Å². The fraction of sp³-hybridized carbons (Fsp3) is 0.294. The second-order valence-electron chi connectivity index (χ2n) is 4.97. The SMILES string of the molecule is CCCNC(Cc1ccccc1Br)c1cc(Br)ccc1I. The third kappa shape index (κ3) is 5.05. The highest BCUT2D eigenvalue weighted by Gasteiger charge is 2.16. The van der Waals surface area contributed by atoms with E-state index in [1.165, 1.54) is 19.2 Å². The Labute approximate surface area is 157 Å². The zero-order valence-electron chi connectivity index (χ0n) is 11.9. The standard InChI is InChI=1S/C17H18Br2IN/c1-2-9-21-17(10-12-5-3-4-6-15(12)19)14-11-13(18)7-8-16(14)20/h3-8,11,17,21H,2,9-10H2,1H3. The Morgan fingerprint density at radius 2 is 1.90 bits per heavy atom. The van der Waals surface area contributed by atoms with Gasteiger partial charge in [-0.05, 0) is 77.4 Å². The molecule has 2 rings (SSSR count). The van der Waals surface area contributed by atoms with Crippen molar-refractivity contribution < 1.29 is 0 Å². The quantitative estimate of drug-likeness (QED) is 0.452. The van der Waals surface area contributed by atoms with Crippen molar-refractivity contribution in [2.45, 2.75) is 25.8 Å². The number of nitrogens with one attached hydrogen (secondary N) is 1. The van der Waals surface area contributed by atoms with Gasteiger partial charge in [-0.15, -0.1) is 0 Å². The minimum absolute atomic E-state index is 0.327. The third-order valence-corrected chi connectivity index (χ3v) is 5.61. The van der Waals surface area contributed by atoms with Crippen molar-refractivity contribution in [3.05, 3.63) is 66.1 Å². The Kier molecular flexibility index (Phi) is 7.19. The zero-order chi connectivity index (χ0) is 15.2. The van der Waals surface area contributed by atoms with Crippen LogP contribution in [0.3, 0.4) is 0 Å². The Hall–Kier alpha value is 0.0900. The Morgan fingerprint density at radius 1 is 1.14 bits per heavy atom. The van der Waals surface area contributed by atoms with Crippen LogP contribution in [0.15, 0.2) is 51.4 Å². The maximum Gasteiger partial charge on any atom is 0.0372 e. The lowest BCUT2D eigenvalue weighted by atomic mass is 9.99. The largest absolute Gasteiger partial charge is 0.310 e. The van der Waals surface area contributed by atoms with Crippen molar-refractivity contribution in [3.8, 4) is 0 Å². The van der Waals surface area contributed by atoms with Gasteiger partial charge in [0, 0.05) is 18.6 Å². The lowest BCUT2D eigenvalue weighted by Crippen LogP contribution is -2.25. The molecule has 1 nitrogen and oxygen atoms in total. The molecular formula is C17H18Br2IN. The van der Waals surface area contributed by atoms with Gasteiger partial charge < -0.3 is 5.32 Å². The molecule has 0 aliphatic rings. The fourth-order valence-electron chi connectivity index (χ4n) is 2.28. The highest BCUT2D eigenvalue weighted by molar-refractivity contribution is 14.1. The molecule has 0 aliphatic heterocycles. The summed E-state index contributed by atoms with van der Waals surface area (Å²) < 4.78 is 3.61. The Balaban J connectivity index is 2.30. The van der Waals surface area contributed by atoms with E-state index in [2.05, 4.69) is 109 Å². The van der Waals surface area contributed by atoms with Crippen molar-refractivity contribution in [2.75, 3.05) is 6.54 Å². The van der Waals surface area contributed by atoms with Crippen LogP contribution in [0.4, 0.5) is 0 Å². The third-order valence-electron chi connectivity index (χ3n) is 3.36. The molecule has 0 radical (unpaired) electrons. The average Bonchev–Trinajstić information content (AvgIpc) is 2.48. The first-order valence-electron chi connectivity index (χ1n) is 7.03. The lowest BCUT2D eigenvalue weighted by molar-refractivity contribution is 0.526. The van der Waals surface area contributed by atoms with E-state index in [9.17, 15) is 0 Å². The summed E-state index contributed by atoms with van der Waals surface area (Å²) in [7, 11) is 0. The predicted octanol–water partition coefficient (Wildman–Crippen LogP) is 6.10. The second kappa shape index (κ2) is 8.65. The van der Waals surface area contributed by atoms with E-state index in [0.29, 0.717) is 6.04 Å². The molecule has 0 fully saturated rings. The van der Waals surface area contributed by atoms with Gasteiger partial charge in [0.25, 0.3) is 0 Å². The van der Waals surface area contributed by atoms with E-state index < -0.39 is 0 Å². The van der Waals surface area contributed by atoms with Crippen molar-refractivity contribution in [2.24, 2.45) is 0 Å². The molecule has 112 valence electrons. The van der Waals surface area contributed by atoms with E-state index in [0.717, 1.165) is 23.9 Å². The van der Waals surface area contributed by atoms with E-state index in [1.54, 1.807) is 0 Å². The maximum absolute atomic E-state index is 3.68. The molecule has 0 aromatic heterocycles. The van der Waals surface area contributed by atoms with Crippen LogP contribution in [0.5, 0.6) is 0 Å². The van der Waals surface area contributed by atoms with Crippen LogP contribution < -0.4 is 5.32 Å². The highest BCUT2D eigenvalue weighted by atomic mass is 127. The van der Waals surface area contributed by atoms with Gasteiger partial charge in [0.2, 0.25) is 0 Å². The van der Waals surface area contributed by atoms with Gasteiger partial charge in [-0.3, -0.25) is 0 Å². The number of rotatable bonds is 6.